The molecule has 0 aliphatic heterocycles. The standard InChI is InChI=1S/C15H14O3/c1-10-3-5-11(6-4-10)15(17)13-8-7-12(18-2)9-14(13)16/h3-8H,9H2,1-2H3. The normalized spacial score (nSPS) is 14.9. The van der Waals surface area contributed by atoms with E-state index < -0.39 is 0 Å². The maximum atomic E-state index is 12.2. The number of hydrogen-bond donors (Lipinski definition) is 0. The predicted molar refractivity (Wildman–Crippen MR) is 68.3 cm³/mol. The highest BCUT2D eigenvalue weighted by atomic mass is 16.5. The van der Waals surface area contributed by atoms with Crippen molar-refractivity contribution in [1.29, 1.82) is 0 Å². The molecule has 0 aromatic heterocycles. The lowest BCUT2D eigenvalue weighted by Crippen LogP contribution is -2.16. The van der Waals surface area contributed by atoms with Crippen LogP contribution in [0.2, 0.25) is 0 Å². The van der Waals surface area contributed by atoms with Crippen LogP contribution in [0, 0.1) is 6.92 Å². The number of hydrogen-bond acceptors (Lipinski definition) is 3. The largest absolute Gasteiger partial charge is 0.501 e. The van der Waals surface area contributed by atoms with Crippen LogP contribution in [0.5, 0.6) is 0 Å². The van der Waals surface area contributed by atoms with Gasteiger partial charge in [0.05, 0.1) is 19.1 Å². The van der Waals surface area contributed by atoms with Crippen LogP contribution in [-0.2, 0) is 9.53 Å². The zero-order chi connectivity index (χ0) is 13.1. The molecule has 3 nitrogen and oxygen atoms in total. The molecule has 3 heteroatoms. The molecule has 0 bridgehead atoms. The fourth-order valence-electron chi connectivity index (χ4n) is 1.78. The maximum absolute atomic E-state index is 12.2. The number of benzene rings is 1. The molecule has 2 rings (SSSR count). The van der Waals surface area contributed by atoms with E-state index in [1.54, 1.807) is 18.2 Å². The Morgan fingerprint density at radius 1 is 1.17 bits per heavy atom. The van der Waals surface area contributed by atoms with E-state index in [0.29, 0.717) is 11.3 Å². The van der Waals surface area contributed by atoms with Gasteiger partial charge >= 0.3 is 0 Å². The molecular weight excluding hydrogens is 228 g/mol. The fourth-order valence-corrected chi connectivity index (χ4v) is 1.78. The van der Waals surface area contributed by atoms with Crippen molar-refractivity contribution in [2.24, 2.45) is 0 Å². The molecule has 1 aliphatic rings. The quantitative estimate of drug-likeness (QED) is 0.604. The van der Waals surface area contributed by atoms with E-state index in [4.69, 9.17) is 4.74 Å². The number of Topliss-reactive ketones (excluding diaryl/α,β-unsaturated/α-hetero) is 2. The molecule has 0 fully saturated rings. The molecule has 0 spiro atoms. The smallest absolute Gasteiger partial charge is 0.196 e. The summed E-state index contributed by atoms with van der Waals surface area (Å²) in [6.45, 7) is 1.95. The molecule has 0 heterocycles. The Hall–Kier alpha value is -2.16. The lowest BCUT2D eigenvalue weighted by Gasteiger charge is -2.12. The van der Waals surface area contributed by atoms with Gasteiger partial charge in [-0.15, -0.1) is 0 Å². The third-order valence-corrected chi connectivity index (χ3v) is 2.89. The molecule has 0 atom stereocenters. The van der Waals surface area contributed by atoms with Crippen LogP contribution < -0.4 is 0 Å². The molecule has 0 unspecified atom stereocenters. The summed E-state index contributed by atoms with van der Waals surface area (Å²) < 4.78 is 5.00. The van der Waals surface area contributed by atoms with Gasteiger partial charge in [-0.05, 0) is 19.1 Å². The van der Waals surface area contributed by atoms with Gasteiger partial charge in [0.25, 0.3) is 0 Å². The van der Waals surface area contributed by atoms with Crippen molar-refractivity contribution in [2.75, 3.05) is 7.11 Å². The average molecular weight is 242 g/mol. The Bertz CT molecular complexity index is 548. The van der Waals surface area contributed by atoms with Crippen LogP contribution in [-0.4, -0.2) is 18.7 Å². The third-order valence-electron chi connectivity index (χ3n) is 2.89. The van der Waals surface area contributed by atoms with Crippen molar-refractivity contribution in [3.8, 4) is 0 Å². The Morgan fingerprint density at radius 2 is 1.83 bits per heavy atom. The number of ketones is 2. The molecule has 0 amide bonds. The highest BCUT2D eigenvalue weighted by molar-refractivity contribution is 6.27. The van der Waals surface area contributed by atoms with Gasteiger partial charge in [-0.3, -0.25) is 9.59 Å². The number of carbonyl (C=O) groups is 2. The molecule has 0 saturated carbocycles. The average Bonchev–Trinajstić information content (AvgIpc) is 2.38. The predicted octanol–water partition coefficient (Wildman–Crippen LogP) is 2.61. The van der Waals surface area contributed by atoms with E-state index in [1.165, 1.54) is 13.2 Å². The summed E-state index contributed by atoms with van der Waals surface area (Å²) in [6.07, 6.45) is 3.36. The van der Waals surface area contributed by atoms with E-state index in [1.807, 2.05) is 19.1 Å². The van der Waals surface area contributed by atoms with E-state index in [0.717, 1.165) is 5.56 Å². The summed E-state index contributed by atoms with van der Waals surface area (Å²) in [5.74, 6) is 0.159. The summed E-state index contributed by atoms with van der Waals surface area (Å²) >= 11 is 0. The first-order valence-corrected chi connectivity index (χ1v) is 5.71. The third kappa shape index (κ3) is 2.40. The number of carbonyl (C=O) groups excluding carboxylic acids is 2. The SMILES string of the molecule is COC1=CC=C(C(=O)c2ccc(C)cc2)C(=O)C1. The van der Waals surface area contributed by atoms with E-state index >= 15 is 0 Å². The van der Waals surface area contributed by atoms with Crippen molar-refractivity contribution in [3.63, 3.8) is 0 Å². The number of methoxy groups -OCH3 is 1. The Labute approximate surface area is 106 Å². The summed E-state index contributed by atoms with van der Waals surface area (Å²) in [7, 11) is 1.51. The lowest BCUT2D eigenvalue weighted by molar-refractivity contribution is -0.115. The van der Waals surface area contributed by atoms with E-state index in [9.17, 15) is 9.59 Å². The van der Waals surface area contributed by atoms with Crippen molar-refractivity contribution in [3.05, 3.63) is 58.9 Å². The first-order valence-electron chi connectivity index (χ1n) is 5.71. The monoisotopic (exact) mass is 242 g/mol. The van der Waals surface area contributed by atoms with Gasteiger partial charge in [-0.1, -0.05) is 29.8 Å². The minimum atomic E-state index is -0.230. The maximum Gasteiger partial charge on any atom is 0.196 e. The highest BCUT2D eigenvalue weighted by Crippen LogP contribution is 2.19. The van der Waals surface area contributed by atoms with Crippen LogP contribution >= 0.6 is 0 Å². The van der Waals surface area contributed by atoms with Gasteiger partial charge in [0, 0.05) is 5.56 Å². The van der Waals surface area contributed by atoms with Crippen molar-refractivity contribution in [1.82, 2.24) is 0 Å². The Kier molecular flexibility index (Phi) is 3.42. The number of ether oxygens (including phenoxy) is 1. The van der Waals surface area contributed by atoms with Crippen molar-refractivity contribution in [2.45, 2.75) is 13.3 Å². The van der Waals surface area contributed by atoms with Gasteiger partial charge in [0.2, 0.25) is 0 Å². The first-order chi connectivity index (χ1) is 8.61. The molecule has 1 aliphatic carbocycles. The first kappa shape index (κ1) is 12.3. The molecular formula is C15H14O3. The summed E-state index contributed by atoms with van der Waals surface area (Å²) in [4.78, 5) is 24.0. The second-order valence-corrected chi connectivity index (χ2v) is 4.21. The molecule has 18 heavy (non-hydrogen) atoms. The second-order valence-electron chi connectivity index (χ2n) is 4.21. The summed E-state index contributed by atoms with van der Waals surface area (Å²) in [6, 6.07) is 7.19. The summed E-state index contributed by atoms with van der Waals surface area (Å²) in [5, 5.41) is 0. The molecule has 0 saturated heterocycles. The van der Waals surface area contributed by atoms with Gasteiger partial charge in [-0.2, -0.15) is 0 Å². The Balaban J connectivity index is 2.29. The minimum Gasteiger partial charge on any atom is -0.501 e. The van der Waals surface area contributed by atoms with Gasteiger partial charge in [0.1, 0.15) is 5.76 Å². The molecule has 0 radical (unpaired) electrons. The van der Waals surface area contributed by atoms with Crippen LogP contribution in [0.1, 0.15) is 22.3 Å². The number of rotatable bonds is 3. The molecule has 92 valence electrons. The van der Waals surface area contributed by atoms with Crippen LogP contribution in [0.25, 0.3) is 0 Å². The lowest BCUT2D eigenvalue weighted by atomic mass is 9.94. The molecule has 0 N–H and O–H groups in total. The van der Waals surface area contributed by atoms with E-state index in [-0.39, 0.29) is 23.6 Å². The van der Waals surface area contributed by atoms with Gasteiger partial charge < -0.3 is 4.74 Å². The molecule has 1 aromatic rings. The van der Waals surface area contributed by atoms with E-state index in [2.05, 4.69) is 0 Å². The van der Waals surface area contributed by atoms with Crippen molar-refractivity contribution >= 4 is 11.6 Å². The van der Waals surface area contributed by atoms with Crippen LogP contribution in [0.3, 0.4) is 0 Å². The van der Waals surface area contributed by atoms with Gasteiger partial charge in [0.15, 0.2) is 11.6 Å². The van der Waals surface area contributed by atoms with Crippen molar-refractivity contribution < 1.29 is 14.3 Å². The summed E-state index contributed by atoms with van der Waals surface area (Å²) in [5.41, 5.74) is 1.84. The van der Waals surface area contributed by atoms with Crippen LogP contribution in [0.15, 0.2) is 47.7 Å². The van der Waals surface area contributed by atoms with Crippen LogP contribution in [0.4, 0.5) is 0 Å². The minimum absolute atomic E-state index is 0.153. The zero-order valence-electron chi connectivity index (χ0n) is 10.4. The fraction of sp³-hybridized carbons (Fsp3) is 0.200. The Morgan fingerprint density at radius 3 is 2.39 bits per heavy atom. The van der Waals surface area contributed by atoms with Gasteiger partial charge in [-0.25, -0.2) is 0 Å². The zero-order valence-corrected chi connectivity index (χ0v) is 10.4. The number of allylic oxidation sites excluding steroid dienone is 4. The second kappa shape index (κ2) is 5.00. The number of aryl methyl sites for hydroxylation is 1. The topological polar surface area (TPSA) is 43.4 Å². The molecule has 1 aromatic carbocycles. The highest BCUT2D eigenvalue weighted by Gasteiger charge is 2.23.